The molecule has 1 aliphatic rings. The van der Waals surface area contributed by atoms with Gasteiger partial charge < -0.3 is 20.5 Å². The topological polar surface area (TPSA) is 133 Å². The number of hydrogen-bond donors (Lipinski definition) is 2. The number of aromatic nitrogens is 5. The van der Waals surface area contributed by atoms with Crippen LogP contribution in [0.5, 0.6) is 11.5 Å². The van der Waals surface area contributed by atoms with E-state index in [1.54, 1.807) is 6.07 Å². The fourth-order valence-corrected chi connectivity index (χ4v) is 4.05. The van der Waals surface area contributed by atoms with Crippen molar-refractivity contribution in [1.29, 1.82) is 0 Å². The van der Waals surface area contributed by atoms with Crippen molar-refractivity contribution in [3.8, 4) is 17.4 Å². The molecule has 0 saturated carbocycles. The highest BCUT2D eigenvalue weighted by atomic mass is 19.4. The molecule has 0 bridgehead atoms. The Hall–Kier alpha value is -4.63. The van der Waals surface area contributed by atoms with Crippen LogP contribution in [-0.4, -0.2) is 61.8 Å². The molecule has 0 spiro atoms. The lowest BCUT2D eigenvalue weighted by Crippen LogP contribution is -2.36. The SMILES string of the molecule is Nc1nccc(Oc2ccc(NC(=O)c3cnn(-c4ncccn4)c3C(F)(F)F)cc2F)c1CN1CCOCC1. The van der Waals surface area contributed by atoms with Crippen molar-refractivity contribution < 1.29 is 31.8 Å². The number of morpholine rings is 1. The minimum Gasteiger partial charge on any atom is -0.454 e. The lowest BCUT2D eigenvalue weighted by Gasteiger charge is -2.27. The number of ether oxygens (including phenoxy) is 2. The van der Waals surface area contributed by atoms with Gasteiger partial charge in [-0.2, -0.15) is 23.0 Å². The van der Waals surface area contributed by atoms with E-state index in [2.05, 4.69) is 30.3 Å². The van der Waals surface area contributed by atoms with Crippen LogP contribution in [0.2, 0.25) is 0 Å². The van der Waals surface area contributed by atoms with Crippen molar-refractivity contribution >= 4 is 17.4 Å². The Morgan fingerprint density at radius 1 is 1.07 bits per heavy atom. The van der Waals surface area contributed by atoms with Crippen molar-refractivity contribution in [2.24, 2.45) is 0 Å². The molecule has 0 unspecified atom stereocenters. The van der Waals surface area contributed by atoms with Gasteiger partial charge in [0.15, 0.2) is 17.3 Å². The average molecular weight is 558 g/mol. The highest BCUT2D eigenvalue weighted by Gasteiger charge is 2.41. The zero-order valence-electron chi connectivity index (χ0n) is 20.7. The molecule has 1 saturated heterocycles. The highest BCUT2D eigenvalue weighted by Crippen LogP contribution is 2.34. The predicted octanol–water partition coefficient (Wildman–Crippen LogP) is 3.67. The van der Waals surface area contributed by atoms with Gasteiger partial charge in [-0.1, -0.05) is 0 Å². The quantitative estimate of drug-likeness (QED) is 0.326. The number of pyridine rings is 1. The molecule has 11 nitrogen and oxygen atoms in total. The third kappa shape index (κ3) is 5.84. The van der Waals surface area contributed by atoms with Crippen LogP contribution < -0.4 is 15.8 Å². The van der Waals surface area contributed by atoms with E-state index >= 15 is 4.39 Å². The summed E-state index contributed by atoms with van der Waals surface area (Å²) in [5.74, 6) is -2.05. The number of alkyl halides is 3. The summed E-state index contributed by atoms with van der Waals surface area (Å²) >= 11 is 0. The molecule has 15 heteroatoms. The zero-order chi connectivity index (χ0) is 28.3. The molecule has 1 amide bonds. The smallest absolute Gasteiger partial charge is 0.434 e. The normalized spacial score (nSPS) is 14.2. The van der Waals surface area contributed by atoms with Gasteiger partial charge in [-0.3, -0.25) is 9.69 Å². The lowest BCUT2D eigenvalue weighted by atomic mass is 10.2. The third-order valence-electron chi connectivity index (χ3n) is 5.97. The van der Waals surface area contributed by atoms with Crippen molar-refractivity contribution in [1.82, 2.24) is 29.6 Å². The van der Waals surface area contributed by atoms with E-state index in [-0.39, 0.29) is 23.2 Å². The monoisotopic (exact) mass is 558 g/mol. The number of carbonyl (C=O) groups excluding carboxylic acids is 1. The minimum absolute atomic E-state index is 0.102. The maximum atomic E-state index is 15.0. The molecule has 0 atom stereocenters. The molecular formula is C25H22F4N8O3. The van der Waals surface area contributed by atoms with E-state index in [9.17, 15) is 18.0 Å². The molecule has 0 radical (unpaired) electrons. The largest absolute Gasteiger partial charge is 0.454 e. The molecule has 0 aliphatic carbocycles. The summed E-state index contributed by atoms with van der Waals surface area (Å²) in [6, 6.07) is 6.43. The Labute approximate surface area is 224 Å². The number of nitrogens with two attached hydrogens (primary N) is 1. The van der Waals surface area contributed by atoms with Crippen LogP contribution in [0.3, 0.4) is 0 Å². The molecule has 1 aromatic carbocycles. The number of anilines is 2. The Morgan fingerprint density at radius 3 is 2.52 bits per heavy atom. The van der Waals surface area contributed by atoms with Gasteiger partial charge in [0.05, 0.1) is 30.5 Å². The number of nitrogens with zero attached hydrogens (tertiary/aromatic N) is 6. The fourth-order valence-electron chi connectivity index (χ4n) is 4.05. The van der Waals surface area contributed by atoms with Crippen molar-refractivity contribution in [3.63, 3.8) is 0 Å². The number of hydrogen-bond acceptors (Lipinski definition) is 9. The van der Waals surface area contributed by atoms with Crippen LogP contribution >= 0.6 is 0 Å². The summed E-state index contributed by atoms with van der Waals surface area (Å²) in [5.41, 5.74) is 4.36. The lowest BCUT2D eigenvalue weighted by molar-refractivity contribution is -0.143. The van der Waals surface area contributed by atoms with Crippen LogP contribution in [0.15, 0.2) is 55.1 Å². The van der Waals surface area contributed by atoms with Gasteiger partial charge in [0, 0.05) is 50.0 Å². The van der Waals surface area contributed by atoms with Gasteiger partial charge in [0.1, 0.15) is 11.6 Å². The first kappa shape index (κ1) is 27.0. The number of amides is 1. The summed E-state index contributed by atoms with van der Waals surface area (Å²) in [6.07, 6.45) is -0.313. The highest BCUT2D eigenvalue weighted by molar-refractivity contribution is 6.05. The molecule has 40 heavy (non-hydrogen) atoms. The van der Waals surface area contributed by atoms with Crippen LogP contribution in [-0.2, 0) is 17.5 Å². The van der Waals surface area contributed by atoms with Crippen LogP contribution in [0.25, 0.3) is 5.95 Å². The molecule has 4 heterocycles. The van der Waals surface area contributed by atoms with Gasteiger partial charge in [-0.15, -0.1) is 0 Å². The third-order valence-corrected chi connectivity index (χ3v) is 5.97. The van der Waals surface area contributed by atoms with E-state index in [1.165, 1.54) is 36.8 Å². The molecule has 3 aromatic heterocycles. The van der Waals surface area contributed by atoms with Gasteiger partial charge in [0.2, 0.25) is 0 Å². The summed E-state index contributed by atoms with van der Waals surface area (Å²) in [4.78, 5) is 26.5. The van der Waals surface area contributed by atoms with Crippen LogP contribution in [0.1, 0.15) is 21.6 Å². The van der Waals surface area contributed by atoms with Crippen molar-refractivity contribution in [2.45, 2.75) is 12.7 Å². The molecule has 3 N–H and O–H groups in total. The summed E-state index contributed by atoms with van der Waals surface area (Å²) in [7, 11) is 0. The van der Waals surface area contributed by atoms with Crippen molar-refractivity contribution in [3.05, 3.63) is 77.8 Å². The van der Waals surface area contributed by atoms with E-state index in [0.29, 0.717) is 48.8 Å². The van der Waals surface area contributed by atoms with E-state index < -0.39 is 29.2 Å². The molecule has 4 aromatic rings. The second kappa shape index (κ2) is 11.2. The van der Waals surface area contributed by atoms with E-state index in [1.807, 2.05) is 0 Å². The number of halogens is 4. The van der Waals surface area contributed by atoms with Crippen LogP contribution in [0.4, 0.5) is 29.1 Å². The van der Waals surface area contributed by atoms with Gasteiger partial charge >= 0.3 is 6.18 Å². The first-order valence-corrected chi connectivity index (χ1v) is 12.0. The van der Waals surface area contributed by atoms with E-state index in [0.717, 1.165) is 12.3 Å². The minimum atomic E-state index is -4.96. The average Bonchev–Trinajstić information content (AvgIpc) is 3.40. The molecular weight excluding hydrogens is 536 g/mol. The molecule has 1 fully saturated rings. The maximum absolute atomic E-state index is 15.0. The number of nitrogen functional groups attached to an aromatic ring is 1. The van der Waals surface area contributed by atoms with Crippen LogP contribution in [0, 0.1) is 5.82 Å². The second-order valence-electron chi connectivity index (χ2n) is 8.63. The molecule has 208 valence electrons. The van der Waals surface area contributed by atoms with Gasteiger partial charge in [-0.05, 0) is 24.3 Å². The first-order chi connectivity index (χ1) is 19.2. The Bertz CT molecular complexity index is 1510. The standard InChI is InChI=1S/C25H22F4N8O3/c26-18-12-15(35-23(38)16-13-34-37(21(16)25(27,28)29)24-32-5-1-6-33-24)2-3-20(18)40-19-4-7-31-22(30)17(19)14-36-8-10-39-11-9-36/h1-7,12-13H,8-11,14H2,(H2,30,31)(H,35,38). The zero-order valence-corrected chi connectivity index (χ0v) is 20.7. The number of benzene rings is 1. The fraction of sp³-hybridized carbons (Fsp3) is 0.240. The Kier molecular flexibility index (Phi) is 7.57. The number of nitrogens with one attached hydrogen (secondary N) is 1. The summed E-state index contributed by atoms with van der Waals surface area (Å²) < 4.78 is 68.2. The van der Waals surface area contributed by atoms with Crippen molar-refractivity contribution in [2.75, 3.05) is 37.4 Å². The first-order valence-electron chi connectivity index (χ1n) is 12.0. The van der Waals surface area contributed by atoms with E-state index in [4.69, 9.17) is 15.2 Å². The number of rotatable bonds is 7. The van der Waals surface area contributed by atoms with Gasteiger partial charge in [0.25, 0.3) is 11.9 Å². The second-order valence-corrected chi connectivity index (χ2v) is 8.63. The summed E-state index contributed by atoms with van der Waals surface area (Å²) in [6.45, 7) is 2.93. The number of carbonyl (C=O) groups is 1. The summed E-state index contributed by atoms with van der Waals surface area (Å²) in [5, 5.41) is 5.91. The maximum Gasteiger partial charge on any atom is 0.434 e. The molecule has 5 rings (SSSR count). The predicted molar refractivity (Wildman–Crippen MR) is 133 cm³/mol. The van der Waals surface area contributed by atoms with Gasteiger partial charge in [-0.25, -0.2) is 19.3 Å². The Balaban J connectivity index is 1.35. The molecule has 1 aliphatic heterocycles. The Morgan fingerprint density at radius 2 is 1.82 bits per heavy atom.